The molecule has 8 N–H and O–H groups in total. The number of nitrogens with one attached hydrogen (secondary N) is 4. The van der Waals surface area contributed by atoms with Crippen molar-refractivity contribution in [1.29, 1.82) is 0 Å². The monoisotopic (exact) mass is 952 g/mol. The zero-order chi connectivity index (χ0) is 48.7. The van der Waals surface area contributed by atoms with Crippen molar-refractivity contribution in [3.05, 3.63) is 91.5 Å². The Morgan fingerprint density at radius 1 is 1.06 bits per heavy atom. The molecule has 7 rings (SSSR count). The standard InChI is InChI=1S/C45H52F3N8O10P/c1-6-45(66-67(5,63)65-19-23-9-11-24(12-10-23)52-39(57)31(8-7-15-51-44(50)62)55-40(58)36(49)21(2)3)28-16-33-37-26(18-56(33)42(60)27(28)20-64-43(45)61)35-30(54-41(59)38(47)48)14-13-25-22(4)29(46)17-32(53-37)34(25)35/h9-12,16-17,21,30-31,36,38H,6-8,13-15,18-20,49H2,1-5H3,(H,52,57)(H,54,59)(H,55,58)(H3,50,51,62)/t30-,31-,36-,45-,67?/m0/s1. The fraction of sp³-hybridized carbons (Fsp3) is 0.444. The van der Waals surface area contributed by atoms with Crippen LogP contribution >= 0.6 is 7.60 Å². The maximum absolute atomic E-state index is 15.3. The van der Waals surface area contributed by atoms with Gasteiger partial charge in [-0.2, -0.15) is 8.78 Å². The first kappa shape index (κ1) is 48.8. The van der Waals surface area contributed by atoms with Gasteiger partial charge in [0.05, 0.1) is 47.7 Å². The number of cyclic esters (lactones) is 1. The molecule has 2 aromatic carbocycles. The summed E-state index contributed by atoms with van der Waals surface area (Å²) in [5.74, 6) is -4.21. The van der Waals surface area contributed by atoms with Crippen molar-refractivity contribution in [2.75, 3.05) is 18.5 Å². The van der Waals surface area contributed by atoms with Gasteiger partial charge in [-0.1, -0.05) is 32.9 Å². The number of anilines is 1. The lowest BCUT2D eigenvalue weighted by Gasteiger charge is -2.37. The van der Waals surface area contributed by atoms with Crippen LogP contribution < -0.4 is 38.3 Å². The molecule has 2 aromatic heterocycles. The van der Waals surface area contributed by atoms with E-state index in [-0.39, 0.29) is 79.3 Å². The van der Waals surface area contributed by atoms with Gasteiger partial charge in [-0.05, 0) is 85.4 Å². The molecular formula is C45H52F3N8O10P. The highest BCUT2D eigenvalue weighted by Gasteiger charge is 2.52. The maximum atomic E-state index is 15.3. The van der Waals surface area contributed by atoms with E-state index >= 15 is 4.39 Å². The third-order valence-corrected chi connectivity index (χ3v) is 13.7. The number of nitrogens with zero attached hydrogens (tertiary/aromatic N) is 2. The number of pyridine rings is 2. The number of aryl methyl sites for hydroxylation is 1. The van der Waals surface area contributed by atoms with E-state index in [2.05, 4.69) is 21.3 Å². The van der Waals surface area contributed by atoms with Gasteiger partial charge in [-0.25, -0.2) is 19.0 Å². The fourth-order valence-electron chi connectivity index (χ4n) is 8.85. The number of rotatable bonds is 17. The highest BCUT2D eigenvalue weighted by atomic mass is 31.2. The largest absolute Gasteiger partial charge is 0.458 e. The smallest absolute Gasteiger partial charge is 0.344 e. The van der Waals surface area contributed by atoms with Crippen molar-refractivity contribution in [3.63, 3.8) is 0 Å². The van der Waals surface area contributed by atoms with Crippen molar-refractivity contribution in [1.82, 2.24) is 25.5 Å². The number of urea groups is 1. The van der Waals surface area contributed by atoms with Crippen LogP contribution in [0.2, 0.25) is 0 Å². The van der Waals surface area contributed by atoms with Crippen LogP contribution in [0.5, 0.6) is 0 Å². The Balaban J connectivity index is 1.13. The second kappa shape index (κ2) is 19.2. The number of aromatic nitrogens is 2. The van der Waals surface area contributed by atoms with Crippen molar-refractivity contribution in [2.24, 2.45) is 17.4 Å². The topological polar surface area (TPSA) is 265 Å². The van der Waals surface area contributed by atoms with Gasteiger partial charge in [0.25, 0.3) is 11.5 Å². The summed E-state index contributed by atoms with van der Waals surface area (Å²) >= 11 is 0. The molecule has 2 aliphatic heterocycles. The van der Waals surface area contributed by atoms with Crippen molar-refractivity contribution in [2.45, 2.75) is 110 Å². The summed E-state index contributed by atoms with van der Waals surface area (Å²) in [5.41, 5.74) is 11.8. The zero-order valence-electron chi connectivity index (χ0n) is 37.4. The molecule has 0 fully saturated rings. The lowest BCUT2D eigenvalue weighted by molar-refractivity contribution is -0.169. The number of halogens is 3. The number of esters is 1. The summed E-state index contributed by atoms with van der Waals surface area (Å²) in [6, 6.07) is 5.50. The molecule has 0 spiro atoms. The summed E-state index contributed by atoms with van der Waals surface area (Å²) in [6.07, 6.45) is -2.52. The fourth-order valence-corrected chi connectivity index (χ4v) is 10.1. The molecule has 4 heterocycles. The van der Waals surface area contributed by atoms with Gasteiger partial charge >= 0.3 is 26.0 Å². The van der Waals surface area contributed by atoms with E-state index in [0.29, 0.717) is 45.3 Å². The number of ether oxygens (including phenoxy) is 1. The second-order valence-corrected chi connectivity index (χ2v) is 19.2. The number of amides is 5. The minimum Gasteiger partial charge on any atom is -0.458 e. The van der Waals surface area contributed by atoms with E-state index in [1.54, 1.807) is 52.0 Å². The molecule has 22 heteroatoms. The van der Waals surface area contributed by atoms with E-state index in [1.807, 2.05) is 0 Å². The van der Waals surface area contributed by atoms with Crippen LogP contribution in [0, 0.1) is 18.7 Å². The Hall–Kier alpha value is -6.15. The number of carbonyl (C=O) groups excluding carboxylic acids is 5. The van der Waals surface area contributed by atoms with Crippen LogP contribution in [-0.4, -0.2) is 71.0 Å². The minimum absolute atomic E-state index is 0.0332. The van der Waals surface area contributed by atoms with Crippen LogP contribution in [0.1, 0.15) is 91.4 Å². The number of hydrogen-bond donors (Lipinski definition) is 6. The molecule has 5 amide bonds. The predicted molar refractivity (Wildman–Crippen MR) is 238 cm³/mol. The van der Waals surface area contributed by atoms with Crippen molar-refractivity contribution < 1.29 is 55.5 Å². The summed E-state index contributed by atoms with van der Waals surface area (Å²) in [5, 5.41) is 10.8. The SMILES string of the molecule is CC[C@@]1(OP(C)(=O)OCc2ccc(NC(=O)[C@H](CCCNC(N)=O)NC(=O)[C@@H](N)C(C)C)cc2)C(=O)OCc2c1cc1n(c2=O)Cc2c-1nc1cc(F)c(C)c3c1c2[C@@H](NC(=O)C(F)F)CC3. The molecule has 67 heavy (non-hydrogen) atoms. The van der Waals surface area contributed by atoms with E-state index in [4.69, 9.17) is 30.2 Å². The van der Waals surface area contributed by atoms with Gasteiger partial charge in [0, 0.05) is 41.5 Å². The number of nitrogens with two attached hydrogens (primary N) is 2. The van der Waals surface area contributed by atoms with Crippen molar-refractivity contribution in [3.8, 4) is 11.4 Å². The van der Waals surface area contributed by atoms with E-state index < -0.39 is 85.5 Å². The summed E-state index contributed by atoms with van der Waals surface area (Å²) < 4.78 is 75.5. The lowest BCUT2D eigenvalue weighted by atomic mass is 9.81. The first-order chi connectivity index (χ1) is 31.7. The lowest BCUT2D eigenvalue weighted by Crippen LogP contribution is -2.51. The first-order valence-corrected chi connectivity index (χ1v) is 23.7. The Kier molecular flexibility index (Phi) is 14.0. The first-order valence-electron chi connectivity index (χ1n) is 21.8. The number of alkyl halides is 2. The Bertz CT molecular complexity index is 2790. The quantitative estimate of drug-likeness (QED) is 0.0417. The van der Waals surface area contributed by atoms with Gasteiger partial charge in [0.2, 0.25) is 11.8 Å². The Labute approximate surface area is 382 Å². The Morgan fingerprint density at radius 3 is 2.43 bits per heavy atom. The average Bonchev–Trinajstić information content (AvgIpc) is 3.65. The number of primary amides is 1. The van der Waals surface area contributed by atoms with Gasteiger partial charge in [-0.3, -0.25) is 28.3 Å². The number of fused-ring (bicyclic) bond motifs is 5. The number of benzene rings is 2. The summed E-state index contributed by atoms with van der Waals surface area (Å²) in [6.45, 7) is 7.23. The third-order valence-electron chi connectivity index (χ3n) is 12.5. The molecule has 358 valence electrons. The Morgan fingerprint density at radius 2 is 1.78 bits per heavy atom. The van der Waals surface area contributed by atoms with Crippen LogP contribution in [-0.2, 0) is 69.3 Å². The highest BCUT2D eigenvalue weighted by Crippen LogP contribution is 2.55. The predicted octanol–water partition coefficient (Wildman–Crippen LogP) is 4.81. The average molecular weight is 953 g/mol. The van der Waals surface area contributed by atoms with Crippen LogP contribution in [0.4, 0.5) is 23.7 Å². The molecule has 0 radical (unpaired) electrons. The molecule has 3 aliphatic rings. The molecule has 1 unspecified atom stereocenters. The molecule has 0 bridgehead atoms. The molecular weight excluding hydrogens is 901 g/mol. The highest BCUT2D eigenvalue weighted by molar-refractivity contribution is 7.53. The minimum atomic E-state index is -4.21. The maximum Gasteiger partial charge on any atom is 0.344 e. The van der Waals surface area contributed by atoms with Gasteiger partial charge in [0.15, 0.2) is 5.60 Å². The molecule has 18 nitrogen and oxygen atoms in total. The van der Waals surface area contributed by atoms with Gasteiger partial charge in [-0.15, -0.1) is 0 Å². The molecule has 0 saturated carbocycles. The number of carbonyl (C=O) groups is 5. The summed E-state index contributed by atoms with van der Waals surface area (Å²) in [4.78, 5) is 82.5. The normalized spacial score (nSPS) is 18.9. The van der Waals surface area contributed by atoms with Crippen LogP contribution in [0.3, 0.4) is 0 Å². The van der Waals surface area contributed by atoms with Gasteiger partial charge < -0.3 is 46.6 Å². The molecule has 5 atom stereocenters. The zero-order valence-corrected chi connectivity index (χ0v) is 38.3. The second-order valence-electron chi connectivity index (χ2n) is 17.3. The van der Waals surface area contributed by atoms with E-state index in [9.17, 15) is 42.1 Å². The van der Waals surface area contributed by atoms with E-state index in [0.717, 1.165) is 6.66 Å². The van der Waals surface area contributed by atoms with Crippen LogP contribution in [0.15, 0.2) is 41.2 Å². The van der Waals surface area contributed by atoms with Gasteiger partial charge in [0.1, 0.15) is 18.5 Å². The number of hydrogen-bond acceptors (Lipinski definition) is 12. The molecule has 4 aromatic rings. The van der Waals surface area contributed by atoms with Crippen LogP contribution in [0.25, 0.3) is 22.3 Å². The molecule has 1 aliphatic carbocycles. The van der Waals surface area contributed by atoms with Crippen molar-refractivity contribution >= 4 is 53.9 Å². The summed E-state index contributed by atoms with van der Waals surface area (Å²) in [7, 11) is -4.21. The van der Waals surface area contributed by atoms with E-state index in [1.165, 1.54) is 16.7 Å². The molecule has 0 saturated heterocycles. The third kappa shape index (κ3) is 9.68.